The van der Waals surface area contributed by atoms with Crippen LogP contribution in [0.1, 0.15) is 5.82 Å². The van der Waals surface area contributed by atoms with Gasteiger partial charge < -0.3 is 4.57 Å². The van der Waals surface area contributed by atoms with Crippen LogP contribution in [0.25, 0.3) is 0 Å². The zero-order valence-corrected chi connectivity index (χ0v) is 13.5. The monoisotopic (exact) mass is 321 g/mol. The number of aromatic nitrogens is 2. The number of piperazine rings is 1. The van der Waals surface area contributed by atoms with Gasteiger partial charge in [0.1, 0.15) is 11.0 Å². The SMILES string of the molecule is CN(C)S(=O)(=O)N1CCN(Cc2ncc(Cl)n2C)CC1. The molecule has 114 valence electrons. The molecule has 0 saturated carbocycles. The van der Waals surface area contributed by atoms with Gasteiger partial charge in [0.05, 0.1) is 12.7 Å². The van der Waals surface area contributed by atoms with Crippen molar-refractivity contribution in [1.82, 2.24) is 23.1 Å². The smallest absolute Gasteiger partial charge is 0.281 e. The predicted molar refractivity (Wildman–Crippen MR) is 77.7 cm³/mol. The molecule has 1 aromatic heterocycles. The lowest BCUT2D eigenvalue weighted by Crippen LogP contribution is -2.51. The Kier molecular flexibility index (Phi) is 4.70. The maximum Gasteiger partial charge on any atom is 0.281 e. The van der Waals surface area contributed by atoms with Crippen LogP contribution in [0.5, 0.6) is 0 Å². The summed E-state index contributed by atoms with van der Waals surface area (Å²) >= 11 is 5.95. The van der Waals surface area contributed by atoms with Gasteiger partial charge >= 0.3 is 0 Å². The lowest BCUT2D eigenvalue weighted by atomic mass is 10.3. The van der Waals surface area contributed by atoms with Crippen molar-refractivity contribution >= 4 is 21.8 Å². The van der Waals surface area contributed by atoms with Gasteiger partial charge in [-0.15, -0.1) is 0 Å². The summed E-state index contributed by atoms with van der Waals surface area (Å²) in [5, 5.41) is 0.605. The number of hydrogen-bond donors (Lipinski definition) is 0. The molecule has 2 rings (SSSR count). The minimum absolute atomic E-state index is 0.499. The van der Waals surface area contributed by atoms with E-state index >= 15 is 0 Å². The molecule has 9 heteroatoms. The van der Waals surface area contributed by atoms with Crippen molar-refractivity contribution in [2.45, 2.75) is 6.54 Å². The summed E-state index contributed by atoms with van der Waals surface area (Å²) < 4.78 is 28.6. The molecule has 0 aromatic carbocycles. The lowest BCUT2D eigenvalue weighted by Gasteiger charge is -2.34. The van der Waals surface area contributed by atoms with Crippen LogP contribution in [0.3, 0.4) is 0 Å². The molecule has 0 aliphatic carbocycles. The molecular formula is C11H20ClN5O2S. The molecule has 1 saturated heterocycles. The van der Waals surface area contributed by atoms with E-state index in [1.54, 1.807) is 20.3 Å². The third-order valence-electron chi connectivity index (χ3n) is 3.51. The zero-order chi connectivity index (χ0) is 14.9. The fraction of sp³-hybridized carbons (Fsp3) is 0.727. The first-order valence-electron chi connectivity index (χ1n) is 6.38. The van der Waals surface area contributed by atoms with Gasteiger partial charge in [-0.2, -0.15) is 17.0 Å². The molecule has 2 heterocycles. The van der Waals surface area contributed by atoms with Gasteiger partial charge in [-0.05, 0) is 0 Å². The average molecular weight is 322 g/mol. The topological polar surface area (TPSA) is 61.7 Å². The number of halogens is 1. The summed E-state index contributed by atoms with van der Waals surface area (Å²) in [7, 11) is 1.68. The Morgan fingerprint density at radius 2 is 1.90 bits per heavy atom. The normalized spacial score (nSPS) is 18.9. The molecule has 1 aromatic rings. The predicted octanol–water partition coefficient (Wildman–Crippen LogP) is -0.00250. The molecule has 0 N–H and O–H groups in total. The highest BCUT2D eigenvalue weighted by atomic mass is 35.5. The van der Waals surface area contributed by atoms with Gasteiger partial charge in [0, 0.05) is 47.3 Å². The van der Waals surface area contributed by atoms with E-state index in [0.29, 0.717) is 37.9 Å². The summed E-state index contributed by atoms with van der Waals surface area (Å²) in [6.45, 7) is 3.06. The first-order valence-corrected chi connectivity index (χ1v) is 8.16. The summed E-state index contributed by atoms with van der Waals surface area (Å²) in [4.78, 5) is 6.44. The molecule has 0 bridgehead atoms. The Morgan fingerprint density at radius 3 is 2.35 bits per heavy atom. The number of nitrogens with zero attached hydrogens (tertiary/aromatic N) is 5. The summed E-state index contributed by atoms with van der Waals surface area (Å²) in [5.74, 6) is 0.888. The fourth-order valence-corrected chi connectivity index (χ4v) is 3.35. The molecule has 1 aliphatic heterocycles. The third-order valence-corrected chi connectivity index (χ3v) is 5.80. The van der Waals surface area contributed by atoms with E-state index in [4.69, 9.17) is 11.6 Å². The second-order valence-corrected chi connectivity index (χ2v) is 7.55. The van der Waals surface area contributed by atoms with Gasteiger partial charge in [-0.25, -0.2) is 4.98 Å². The second-order valence-electron chi connectivity index (χ2n) is 5.02. The Balaban J connectivity index is 1.94. The fourth-order valence-electron chi connectivity index (χ4n) is 2.12. The molecule has 0 spiro atoms. The largest absolute Gasteiger partial charge is 0.321 e. The van der Waals surface area contributed by atoms with Crippen LogP contribution < -0.4 is 0 Å². The molecule has 0 unspecified atom stereocenters. The van der Waals surface area contributed by atoms with Crippen LogP contribution in [-0.2, 0) is 23.8 Å². The first-order chi connectivity index (χ1) is 9.32. The van der Waals surface area contributed by atoms with Crippen LogP contribution in [0, 0.1) is 0 Å². The van der Waals surface area contributed by atoms with Crippen molar-refractivity contribution in [3.63, 3.8) is 0 Å². The van der Waals surface area contributed by atoms with E-state index in [9.17, 15) is 8.42 Å². The van der Waals surface area contributed by atoms with Crippen LogP contribution in [0.4, 0.5) is 0 Å². The molecule has 20 heavy (non-hydrogen) atoms. The third kappa shape index (κ3) is 3.15. The molecule has 0 radical (unpaired) electrons. The van der Waals surface area contributed by atoms with Crippen molar-refractivity contribution in [3.05, 3.63) is 17.2 Å². The standard InChI is InChI=1S/C11H20ClN5O2S/c1-14(2)20(18,19)17-6-4-16(5-7-17)9-11-13-8-10(12)15(11)3/h8H,4-7,9H2,1-3H3. The summed E-state index contributed by atoms with van der Waals surface area (Å²) in [6, 6.07) is 0. The quantitative estimate of drug-likeness (QED) is 0.783. The van der Waals surface area contributed by atoms with Crippen LogP contribution in [0.15, 0.2) is 6.20 Å². The minimum Gasteiger partial charge on any atom is -0.321 e. The van der Waals surface area contributed by atoms with Gasteiger partial charge in [0.15, 0.2) is 0 Å². The van der Waals surface area contributed by atoms with E-state index in [-0.39, 0.29) is 0 Å². The van der Waals surface area contributed by atoms with Crippen LogP contribution in [0.2, 0.25) is 5.15 Å². The highest BCUT2D eigenvalue weighted by molar-refractivity contribution is 7.86. The van der Waals surface area contributed by atoms with Gasteiger partial charge in [0.25, 0.3) is 10.2 Å². The molecular weight excluding hydrogens is 302 g/mol. The lowest BCUT2D eigenvalue weighted by molar-refractivity contribution is 0.172. The Morgan fingerprint density at radius 1 is 1.30 bits per heavy atom. The van der Waals surface area contributed by atoms with E-state index in [2.05, 4.69) is 9.88 Å². The van der Waals surface area contributed by atoms with Gasteiger partial charge in [-0.3, -0.25) is 4.90 Å². The minimum atomic E-state index is -3.30. The maximum atomic E-state index is 12.0. The first kappa shape index (κ1) is 15.7. The molecule has 7 nitrogen and oxygen atoms in total. The van der Waals surface area contributed by atoms with E-state index in [0.717, 1.165) is 5.82 Å². The molecule has 1 aliphatic rings. The Hall–Kier alpha value is -0.670. The van der Waals surface area contributed by atoms with Gasteiger partial charge in [0.2, 0.25) is 0 Å². The van der Waals surface area contributed by atoms with E-state index < -0.39 is 10.2 Å². The number of imidazole rings is 1. The molecule has 1 fully saturated rings. The van der Waals surface area contributed by atoms with E-state index in [1.807, 2.05) is 11.6 Å². The highest BCUT2D eigenvalue weighted by Crippen LogP contribution is 2.14. The van der Waals surface area contributed by atoms with Gasteiger partial charge in [-0.1, -0.05) is 11.6 Å². The van der Waals surface area contributed by atoms with Crippen LogP contribution in [-0.4, -0.2) is 71.8 Å². The Bertz CT molecular complexity index is 563. The molecule has 0 atom stereocenters. The second kappa shape index (κ2) is 5.98. The van der Waals surface area contributed by atoms with Crippen LogP contribution >= 0.6 is 11.6 Å². The molecule has 0 amide bonds. The van der Waals surface area contributed by atoms with E-state index in [1.165, 1.54) is 8.61 Å². The number of hydrogen-bond acceptors (Lipinski definition) is 4. The number of rotatable bonds is 4. The van der Waals surface area contributed by atoms with Crippen molar-refractivity contribution in [3.8, 4) is 0 Å². The zero-order valence-electron chi connectivity index (χ0n) is 12.0. The summed E-state index contributed by atoms with van der Waals surface area (Å²) in [5.41, 5.74) is 0. The van der Waals surface area contributed by atoms with Crippen molar-refractivity contribution in [2.24, 2.45) is 7.05 Å². The van der Waals surface area contributed by atoms with Crippen molar-refractivity contribution < 1.29 is 8.42 Å². The Labute approximate surface area is 124 Å². The van der Waals surface area contributed by atoms with Crippen molar-refractivity contribution in [1.29, 1.82) is 0 Å². The maximum absolute atomic E-state index is 12.0. The highest BCUT2D eigenvalue weighted by Gasteiger charge is 2.28. The summed E-state index contributed by atoms with van der Waals surface area (Å²) in [6.07, 6.45) is 1.63. The van der Waals surface area contributed by atoms with Crippen molar-refractivity contribution in [2.75, 3.05) is 40.3 Å². The average Bonchev–Trinajstić information content (AvgIpc) is 2.71.